The molecule has 0 aliphatic carbocycles. The number of H-pyrrole nitrogens is 1. The fraction of sp³-hybridized carbons (Fsp3) is 0. The summed E-state index contributed by atoms with van der Waals surface area (Å²) in [5, 5.41) is 16.5. The Labute approximate surface area is 126 Å². The molecule has 3 rings (SSSR count). The predicted molar refractivity (Wildman–Crippen MR) is 87.4 cm³/mol. The van der Waals surface area contributed by atoms with Gasteiger partial charge < -0.3 is 10.4 Å². The molecule has 0 atom stereocenters. The van der Waals surface area contributed by atoms with Gasteiger partial charge in [0.15, 0.2) is 0 Å². The topological polar surface area (TPSA) is 70.0 Å². The largest absolute Gasteiger partial charge is 0.506 e. The lowest BCUT2D eigenvalue weighted by Crippen LogP contribution is -2.34. The van der Waals surface area contributed by atoms with E-state index in [1.165, 1.54) is 10.9 Å². The number of phenolic OH excluding ortho intramolecular Hbond substituents is 1. The van der Waals surface area contributed by atoms with E-state index in [9.17, 15) is 9.90 Å². The first kappa shape index (κ1) is 13.8. The van der Waals surface area contributed by atoms with Crippen molar-refractivity contribution in [3.63, 3.8) is 0 Å². The molecule has 0 aliphatic rings. The number of benzene rings is 2. The molecule has 0 bridgehead atoms. The van der Waals surface area contributed by atoms with Gasteiger partial charge >= 0.3 is 0 Å². The average molecular weight is 293 g/mol. The molecule has 0 radical (unpaired) electrons. The highest BCUT2D eigenvalue weighted by atomic mass is 16.3. The molecule has 0 saturated carbocycles. The van der Waals surface area contributed by atoms with Crippen LogP contribution in [0.15, 0.2) is 59.4 Å². The van der Waals surface area contributed by atoms with Crippen LogP contribution in [0.3, 0.4) is 0 Å². The van der Waals surface area contributed by atoms with Crippen molar-refractivity contribution in [3.8, 4) is 11.4 Å². The number of nitrogens with zero attached hydrogens (tertiary/aromatic N) is 1. The number of phenols is 1. The highest BCUT2D eigenvalue weighted by molar-refractivity contribution is 5.62. The Morgan fingerprint density at radius 2 is 1.77 bits per heavy atom. The standard InChI is InChI=1S/C17H15N3O2/c1-12-14(11-18-15-9-5-6-10-16(15)21)17(22)20(19-12)13-7-3-2-4-8-13/h2-11,18-19,21H,1H2/b14-11-. The first-order valence-corrected chi connectivity index (χ1v) is 6.77. The Morgan fingerprint density at radius 1 is 1.09 bits per heavy atom. The minimum atomic E-state index is -0.209. The van der Waals surface area contributed by atoms with Gasteiger partial charge in [-0.25, -0.2) is 4.68 Å². The number of rotatable bonds is 3. The summed E-state index contributed by atoms with van der Waals surface area (Å²) < 4.78 is 1.43. The van der Waals surface area contributed by atoms with E-state index >= 15 is 0 Å². The van der Waals surface area contributed by atoms with Gasteiger partial charge in [0.1, 0.15) is 5.75 Å². The maximum absolute atomic E-state index is 12.5. The minimum Gasteiger partial charge on any atom is -0.506 e. The van der Waals surface area contributed by atoms with Crippen molar-refractivity contribution >= 4 is 18.5 Å². The van der Waals surface area contributed by atoms with Crippen LogP contribution >= 0.6 is 0 Å². The van der Waals surface area contributed by atoms with Crippen molar-refractivity contribution in [2.75, 3.05) is 5.32 Å². The zero-order valence-corrected chi connectivity index (χ0v) is 11.8. The molecule has 0 unspecified atom stereocenters. The van der Waals surface area contributed by atoms with Crippen molar-refractivity contribution in [1.29, 1.82) is 0 Å². The highest BCUT2D eigenvalue weighted by Gasteiger charge is 2.04. The van der Waals surface area contributed by atoms with E-state index in [0.717, 1.165) is 5.69 Å². The summed E-state index contributed by atoms with van der Waals surface area (Å²) in [4.78, 5) is 12.5. The molecule has 5 nitrogen and oxygen atoms in total. The van der Waals surface area contributed by atoms with Gasteiger partial charge in [0.05, 0.1) is 21.9 Å². The van der Waals surface area contributed by atoms with Gasteiger partial charge in [0.2, 0.25) is 0 Å². The number of para-hydroxylation sites is 3. The Balaban J connectivity index is 2.04. The molecule has 0 amide bonds. The maximum Gasteiger partial charge on any atom is 0.280 e. The van der Waals surface area contributed by atoms with E-state index in [1.807, 2.05) is 30.3 Å². The van der Waals surface area contributed by atoms with Gasteiger partial charge in [-0.2, -0.15) is 0 Å². The third kappa shape index (κ3) is 2.52. The summed E-state index contributed by atoms with van der Waals surface area (Å²) in [6.45, 7) is 3.85. The van der Waals surface area contributed by atoms with E-state index in [1.54, 1.807) is 24.3 Å². The second-order valence-electron chi connectivity index (χ2n) is 4.79. The van der Waals surface area contributed by atoms with Crippen LogP contribution < -0.4 is 21.4 Å². The molecule has 5 heteroatoms. The van der Waals surface area contributed by atoms with E-state index < -0.39 is 0 Å². The smallest absolute Gasteiger partial charge is 0.280 e. The van der Waals surface area contributed by atoms with Crippen molar-refractivity contribution in [1.82, 2.24) is 9.78 Å². The average Bonchev–Trinajstić information content (AvgIpc) is 2.82. The molecule has 110 valence electrons. The monoisotopic (exact) mass is 293 g/mol. The second-order valence-corrected chi connectivity index (χ2v) is 4.79. The maximum atomic E-state index is 12.5. The van der Waals surface area contributed by atoms with Crippen LogP contribution in [0.1, 0.15) is 0 Å². The summed E-state index contributed by atoms with van der Waals surface area (Å²) >= 11 is 0. The molecule has 1 aromatic heterocycles. The Kier molecular flexibility index (Phi) is 3.53. The third-order valence-electron chi connectivity index (χ3n) is 3.30. The van der Waals surface area contributed by atoms with Crippen molar-refractivity contribution < 1.29 is 5.11 Å². The molecule has 0 fully saturated rings. The van der Waals surface area contributed by atoms with E-state index in [-0.39, 0.29) is 11.3 Å². The fourth-order valence-corrected chi connectivity index (χ4v) is 2.15. The zero-order chi connectivity index (χ0) is 15.5. The fourth-order valence-electron chi connectivity index (χ4n) is 2.15. The first-order chi connectivity index (χ1) is 10.7. The lowest BCUT2D eigenvalue weighted by Gasteiger charge is -2.01. The third-order valence-corrected chi connectivity index (χ3v) is 3.30. The normalized spacial score (nSPS) is 11.5. The SMILES string of the molecule is C=c1[nH]n(-c2ccccc2)c(=O)/c1=C\Nc1ccccc1O. The van der Waals surface area contributed by atoms with Crippen LogP contribution in [0, 0.1) is 0 Å². The predicted octanol–water partition coefficient (Wildman–Crippen LogP) is 1.13. The minimum absolute atomic E-state index is 0.114. The first-order valence-electron chi connectivity index (χ1n) is 6.77. The Bertz CT molecular complexity index is 956. The van der Waals surface area contributed by atoms with Crippen LogP contribution in [-0.4, -0.2) is 14.9 Å². The molecule has 22 heavy (non-hydrogen) atoms. The quantitative estimate of drug-likeness (QED) is 0.634. The van der Waals surface area contributed by atoms with Crippen molar-refractivity contribution in [2.24, 2.45) is 0 Å². The summed E-state index contributed by atoms with van der Waals surface area (Å²) in [5.41, 5.74) is 1.05. The summed E-state index contributed by atoms with van der Waals surface area (Å²) in [5.74, 6) is 0.114. The van der Waals surface area contributed by atoms with Crippen LogP contribution in [0.4, 0.5) is 5.69 Å². The lowest BCUT2D eigenvalue weighted by molar-refractivity contribution is 0.478. The van der Waals surface area contributed by atoms with Gasteiger partial charge in [0, 0.05) is 6.20 Å². The molecule has 0 aliphatic heterocycles. The van der Waals surface area contributed by atoms with Gasteiger partial charge in [-0.15, -0.1) is 0 Å². The Morgan fingerprint density at radius 3 is 2.50 bits per heavy atom. The van der Waals surface area contributed by atoms with Crippen LogP contribution in [0.2, 0.25) is 0 Å². The molecular weight excluding hydrogens is 278 g/mol. The summed E-state index contributed by atoms with van der Waals surface area (Å²) in [7, 11) is 0. The summed E-state index contributed by atoms with van der Waals surface area (Å²) in [6, 6.07) is 16.1. The van der Waals surface area contributed by atoms with E-state index in [2.05, 4.69) is 17.0 Å². The molecule has 0 saturated heterocycles. The second kappa shape index (κ2) is 5.65. The number of aromatic hydroxyl groups is 1. The molecular formula is C17H15N3O2. The van der Waals surface area contributed by atoms with Gasteiger partial charge in [-0.3, -0.25) is 9.89 Å². The van der Waals surface area contributed by atoms with Gasteiger partial charge in [0.25, 0.3) is 5.56 Å². The zero-order valence-electron chi connectivity index (χ0n) is 11.8. The number of anilines is 1. The Hall–Kier alpha value is -3.21. The number of hydrogen-bond donors (Lipinski definition) is 3. The number of hydrogen-bond acceptors (Lipinski definition) is 3. The van der Waals surface area contributed by atoms with Crippen molar-refractivity contribution in [2.45, 2.75) is 0 Å². The summed E-state index contributed by atoms with van der Waals surface area (Å²) in [6.07, 6.45) is 1.54. The molecule has 2 aromatic carbocycles. The van der Waals surface area contributed by atoms with E-state index in [0.29, 0.717) is 16.3 Å². The molecule has 3 aromatic rings. The van der Waals surface area contributed by atoms with Gasteiger partial charge in [-0.1, -0.05) is 36.9 Å². The molecule has 0 spiro atoms. The van der Waals surface area contributed by atoms with Crippen LogP contribution in [-0.2, 0) is 0 Å². The lowest BCUT2D eigenvalue weighted by atomic mass is 10.3. The van der Waals surface area contributed by atoms with Crippen LogP contribution in [0.5, 0.6) is 5.75 Å². The van der Waals surface area contributed by atoms with Gasteiger partial charge in [-0.05, 0) is 24.3 Å². The van der Waals surface area contributed by atoms with Crippen molar-refractivity contribution in [3.05, 3.63) is 75.5 Å². The van der Waals surface area contributed by atoms with E-state index in [4.69, 9.17) is 0 Å². The number of aromatic amines is 1. The van der Waals surface area contributed by atoms with Crippen LogP contribution in [0.25, 0.3) is 18.5 Å². The molecule has 3 N–H and O–H groups in total. The molecule has 1 heterocycles. The highest BCUT2D eigenvalue weighted by Crippen LogP contribution is 2.20. The number of nitrogens with one attached hydrogen (secondary N) is 2. The number of aromatic nitrogens is 2.